The van der Waals surface area contributed by atoms with Crippen LogP contribution in [0.25, 0.3) is 0 Å². The lowest BCUT2D eigenvalue weighted by Crippen LogP contribution is -2.29. The van der Waals surface area contributed by atoms with Crippen LogP contribution in [0.15, 0.2) is 36.7 Å². The monoisotopic (exact) mass is 390 g/mol. The van der Waals surface area contributed by atoms with Crippen molar-refractivity contribution in [3.8, 4) is 11.5 Å². The Bertz CT molecular complexity index is 766. The van der Waals surface area contributed by atoms with Crippen LogP contribution in [0.4, 0.5) is 0 Å². The molecule has 1 aromatic heterocycles. The Morgan fingerprint density at radius 2 is 2.04 bits per heavy atom. The first-order chi connectivity index (χ1) is 12.8. The molecule has 0 aliphatic carbocycles. The lowest BCUT2D eigenvalue weighted by Gasteiger charge is -2.25. The topological polar surface area (TPSA) is 51.7 Å². The lowest BCUT2D eigenvalue weighted by molar-refractivity contribution is 0.0742. The maximum absolute atomic E-state index is 12.9. The molecule has 0 aliphatic heterocycles. The minimum absolute atomic E-state index is 0.127. The van der Waals surface area contributed by atoms with Gasteiger partial charge in [0.2, 0.25) is 0 Å². The Labute approximate surface area is 166 Å². The van der Waals surface area contributed by atoms with E-state index < -0.39 is 0 Å². The van der Waals surface area contributed by atoms with Crippen LogP contribution < -0.4 is 9.47 Å². The molecule has 1 heterocycles. The van der Waals surface area contributed by atoms with Crippen molar-refractivity contribution in [1.29, 1.82) is 0 Å². The van der Waals surface area contributed by atoms with Gasteiger partial charge in [-0.15, -0.1) is 0 Å². The molecule has 1 amide bonds. The number of hydrogen-bond donors (Lipinski definition) is 0. The predicted octanol–water partition coefficient (Wildman–Crippen LogP) is 5.00. The SMILES string of the molecule is COc1cc(C(=O)N(C)C(C)c2cccnc2)cc(Cl)c1OCCC(C)C. The molecule has 1 atom stereocenters. The summed E-state index contributed by atoms with van der Waals surface area (Å²) in [6.45, 7) is 6.75. The van der Waals surface area contributed by atoms with Crippen molar-refractivity contribution in [3.05, 3.63) is 52.8 Å². The number of benzene rings is 1. The summed E-state index contributed by atoms with van der Waals surface area (Å²) in [5, 5.41) is 0.365. The lowest BCUT2D eigenvalue weighted by atomic mass is 10.1. The van der Waals surface area contributed by atoms with Gasteiger partial charge in [-0.3, -0.25) is 9.78 Å². The number of pyridine rings is 1. The van der Waals surface area contributed by atoms with E-state index in [0.717, 1.165) is 12.0 Å². The van der Waals surface area contributed by atoms with E-state index in [9.17, 15) is 4.79 Å². The third-order valence-corrected chi connectivity index (χ3v) is 4.77. The van der Waals surface area contributed by atoms with Crippen LogP contribution in [0, 0.1) is 5.92 Å². The molecule has 1 unspecified atom stereocenters. The molecule has 1 aromatic carbocycles. The smallest absolute Gasteiger partial charge is 0.254 e. The minimum Gasteiger partial charge on any atom is -0.493 e. The van der Waals surface area contributed by atoms with Gasteiger partial charge in [-0.25, -0.2) is 0 Å². The molecule has 0 radical (unpaired) electrons. The Kier molecular flexibility index (Phi) is 7.48. The zero-order chi connectivity index (χ0) is 20.0. The van der Waals surface area contributed by atoms with Gasteiger partial charge in [0.25, 0.3) is 5.91 Å². The van der Waals surface area contributed by atoms with Crippen molar-refractivity contribution in [2.45, 2.75) is 33.2 Å². The highest BCUT2D eigenvalue weighted by molar-refractivity contribution is 6.32. The van der Waals surface area contributed by atoms with Crippen molar-refractivity contribution >= 4 is 17.5 Å². The van der Waals surface area contributed by atoms with Crippen LogP contribution in [0.2, 0.25) is 5.02 Å². The Hall–Kier alpha value is -2.27. The number of ether oxygens (including phenoxy) is 2. The van der Waals surface area contributed by atoms with E-state index in [1.165, 1.54) is 7.11 Å². The molecule has 2 rings (SSSR count). The van der Waals surface area contributed by atoms with E-state index in [1.54, 1.807) is 36.5 Å². The average Bonchev–Trinajstić information content (AvgIpc) is 2.67. The molecule has 0 fully saturated rings. The van der Waals surface area contributed by atoms with E-state index in [0.29, 0.717) is 34.6 Å². The van der Waals surface area contributed by atoms with Crippen molar-refractivity contribution in [1.82, 2.24) is 9.88 Å². The second-order valence-electron chi connectivity index (χ2n) is 6.90. The molecule has 6 heteroatoms. The van der Waals surface area contributed by atoms with Gasteiger partial charge in [0.15, 0.2) is 11.5 Å². The number of aromatic nitrogens is 1. The Balaban J connectivity index is 2.22. The fourth-order valence-electron chi connectivity index (χ4n) is 2.61. The fraction of sp³-hybridized carbons (Fsp3) is 0.429. The third-order valence-electron chi connectivity index (χ3n) is 4.49. The third kappa shape index (κ3) is 5.36. The number of carbonyl (C=O) groups is 1. The Morgan fingerprint density at radius 1 is 1.30 bits per heavy atom. The standard InChI is InChI=1S/C21H27ClN2O3/c1-14(2)8-10-27-20-18(22)11-17(12-19(20)26-5)21(25)24(4)15(3)16-7-6-9-23-13-16/h6-7,9,11-15H,8,10H2,1-5H3. The molecule has 0 spiro atoms. The predicted molar refractivity (Wildman–Crippen MR) is 108 cm³/mol. The average molecular weight is 391 g/mol. The number of nitrogens with zero attached hydrogens (tertiary/aromatic N) is 2. The molecule has 5 nitrogen and oxygen atoms in total. The van der Waals surface area contributed by atoms with Crippen molar-refractivity contribution < 1.29 is 14.3 Å². The van der Waals surface area contributed by atoms with Crippen LogP contribution >= 0.6 is 11.6 Å². The maximum atomic E-state index is 12.9. The fourth-order valence-corrected chi connectivity index (χ4v) is 2.87. The number of carbonyl (C=O) groups excluding carboxylic acids is 1. The second-order valence-corrected chi connectivity index (χ2v) is 7.31. The van der Waals surface area contributed by atoms with Crippen molar-refractivity contribution in [2.75, 3.05) is 20.8 Å². The largest absolute Gasteiger partial charge is 0.493 e. The first-order valence-electron chi connectivity index (χ1n) is 9.02. The zero-order valence-corrected chi connectivity index (χ0v) is 17.3. The molecule has 0 N–H and O–H groups in total. The highest BCUT2D eigenvalue weighted by Gasteiger charge is 2.22. The molecule has 0 saturated carbocycles. The van der Waals surface area contributed by atoms with E-state index in [1.807, 2.05) is 19.1 Å². The molecule has 27 heavy (non-hydrogen) atoms. The van der Waals surface area contributed by atoms with Gasteiger partial charge >= 0.3 is 0 Å². The van der Waals surface area contributed by atoms with E-state index >= 15 is 0 Å². The summed E-state index contributed by atoms with van der Waals surface area (Å²) >= 11 is 6.39. The summed E-state index contributed by atoms with van der Waals surface area (Å²) in [6, 6.07) is 6.97. The van der Waals surface area contributed by atoms with Crippen LogP contribution in [0.3, 0.4) is 0 Å². The summed E-state index contributed by atoms with van der Waals surface area (Å²) in [7, 11) is 3.30. The summed E-state index contributed by atoms with van der Waals surface area (Å²) in [5.74, 6) is 1.30. The van der Waals surface area contributed by atoms with Crippen molar-refractivity contribution in [2.24, 2.45) is 5.92 Å². The minimum atomic E-state index is -0.153. The Morgan fingerprint density at radius 3 is 2.63 bits per heavy atom. The normalized spacial score (nSPS) is 12.0. The number of hydrogen-bond acceptors (Lipinski definition) is 4. The molecular weight excluding hydrogens is 364 g/mol. The molecule has 0 aliphatic rings. The van der Waals surface area contributed by atoms with Crippen LogP contribution in [0.5, 0.6) is 11.5 Å². The van der Waals surface area contributed by atoms with Crippen molar-refractivity contribution in [3.63, 3.8) is 0 Å². The molecule has 146 valence electrons. The van der Waals surface area contributed by atoms with Gasteiger partial charge in [-0.1, -0.05) is 31.5 Å². The van der Waals surface area contributed by atoms with Gasteiger partial charge in [-0.05, 0) is 43.0 Å². The van der Waals surface area contributed by atoms with Gasteiger partial charge < -0.3 is 14.4 Å². The van der Waals surface area contributed by atoms with E-state index in [2.05, 4.69) is 18.8 Å². The first-order valence-corrected chi connectivity index (χ1v) is 9.40. The quantitative estimate of drug-likeness (QED) is 0.636. The highest BCUT2D eigenvalue weighted by Crippen LogP contribution is 2.37. The second kappa shape index (κ2) is 9.60. The van der Waals surface area contributed by atoms with E-state index in [4.69, 9.17) is 21.1 Å². The summed E-state index contributed by atoms with van der Waals surface area (Å²) in [4.78, 5) is 18.7. The van der Waals surface area contributed by atoms with Crippen LogP contribution in [-0.4, -0.2) is 36.6 Å². The van der Waals surface area contributed by atoms with Crippen LogP contribution in [-0.2, 0) is 0 Å². The van der Waals surface area contributed by atoms with Gasteiger partial charge in [-0.2, -0.15) is 0 Å². The number of amides is 1. The highest BCUT2D eigenvalue weighted by atomic mass is 35.5. The maximum Gasteiger partial charge on any atom is 0.254 e. The van der Waals surface area contributed by atoms with Gasteiger partial charge in [0.1, 0.15) is 0 Å². The number of rotatable bonds is 8. The summed E-state index contributed by atoms with van der Waals surface area (Å²) in [5.41, 5.74) is 1.41. The number of halogens is 1. The molecular formula is C21H27ClN2O3. The molecule has 0 saturated heterocycles. The molecule has 2 aromatic rings. The van der Waals surface area contributed by atoms with Gasteiger partial charge in [0.05, 0.1) is 24.8 Å². The van der Waals surface area contributed by atoms with Crippen LogP contribution in [0.1, 0.15) is 49.2 Å². The summed E-state index contributed by atoms with van der Waals surface area (Å²) < 4.78 is 11.2. The summed E-state index contributed by atoms with van der Waals surface area (Å²) in [6.07, 6.45) is 4.37. The van der Waals surface area contributed by atoms with Gasteiger partial charge in [0, 0.05) is 25.0 Å². The molecule has 0 bridgehead atoms. The van der Waals surface area contributed by atoms with E-state index in [-0.39, 0.29) is 11.9 Å². The first kappa shape index (κ1) is 21.0. The zero-order valence-electron chi connectivity index (χ0n) is 16.5. The number of methoxy groups -OCH3 is 1.